The molecule has 220 valence electrons. The highest BCUT2D eigenvalue weighted by molar-refractivity contribution is 7.21. The fraction of sp³-hybridized carbons (Fsp3) is 0.219. The average Bonchev–Trinajstić information content (AvgIpc) is 3.63. The highest BCUT2D eigenvalue weighted by atomic mass is 32.1. The molecule has 4 aromatic rings. The number of carbonyl (C=O) groups excluding carboxylic acids is 3. The number of para-hydroxylation sites is 1. The molecular weight excluding hydrogens is 566 g/mol. The van der Waals surface area contributed by atoms with Crippen LogP contribution in [0.4, 0.5) is 5.69 Å². The van der Waals surface area contributed by atoms with Gasteiger partial charge in [-0.3, -0.25) is 14.4 Å². The number of rotatable bonds is 7. The van der Waals surface area contributed by atoms with Gasteiger partial charge in [-0.1, -0.05) is 43.0 Å². The molecule has 1 fully saturated rings. The van der Waals surface area contributed by atoms with Crippen molar-refractivity contribution >= 4 is 44.7 Å². The number of nitrogen functional groups attached to an aromatic ring is 1. The lowest BCUT2D eigenvalue weighted by molar-refractivity contribution is -0.125. The Morgan fingerprint density at radius 1 is 1.07 bits per heavy atom. The van der Waals surface area contributed by atoms with Crippen molar-refractivity contribution in [3.63, 3.8) is 0 Å². The number of nitrogens with one attached hydrogen (secondary N) is 1. The third-order valence-corrected chi connectivity index (χ3v) is 9.43. The van der Waals surface area contributed by atoms with E-state index < -0.39 is 35.4 Å². The number of anilines is 1. The zero-order chi connectivity index (χ0) is 30.5. The highest BCUT2D eigenvalue weighted by Crippen LogP contribution is 2.49. The van der Waals surface area contributed by atoms with E-state index in [4.69, 9.17) is 26.7 Å². The van der Waals surface area contributed by atoms with Gasteiger partial charge in [0, 0.05) is 36.8 Å². The van der Waals surface area contributed by atoms with Gasteiger partial charge in [0.2, 0.25) is 5.91 Å². The molecule has 1 aliphatic carbocycles. The Balaban J connectivity index is 1.37. The van der Waals surface area contributed by atoms with Crippen molar-refractivity contribution in [2.75, 3.05) is 25.9 Å². The fourth-order valence-electron chi connectivity index (χ4n) is 5.95. The summed E-state index contributed by atoms with van der Waals surface area (Å²) < 4.78 is 12.1. The molecule has 4 atom stereocenters. The topological polar surface area (TPSA) is 163 Å². The molecule has 11 heteroatoms. The van der Waals surface area contributed by atoms with Gasteiger partial charge in [-0.2, -0.15) is 0 Å². The number of hydrogen-bond donors (Lipinski definition) is 4. The van der Waals surface area contributed by atoms with E-state index in [0.29, 0.717) is 50.5 Å². The number of amides is 2. The first kappa shape index (κ1) is 28.6. The van der Waals surface area contributed by atoms with E-state index in [-0.39, 0.29) is 17.3 Å². The van der Waals surface area contributed by atoms with E-state index in [1.807, 2.05) is 30.3 Å². The van der Waals surface area contributed by atoms with Crippen molar-refractivity contribution in [2.24, 2.45) is 11.5 Å². The minimum Gasteiger partial charge on any atom is -0.457 e. The third kappa shape index (κ3) is 4.66. The molecule has 0 radical (unpaired) electrons. The summed E-state index contributed by atoms with van der Waals surface area (Å²) in [6, 6.07) is 18.1. The van der Waals surface area contributed by atoms with Gasteiger partial charge in [0.25, 0.3) is 5.91 Å². The van der Waals surface area contributed by atoms with E-state index in [1.54, 1.807) is 41.3 Å². The van der Waals surface area contributed by atoms with E-state index >= 15 is 0 Å². The third-order valence-electron chi connectivity index (χ3n) is 8.18. The molecule has 1 aliphatic heterocycles. The number of hydrogen-bond acceptors (Lipinski definition) is 9. The van der Waals surface area contributed by atoms with Gasteiger partial charge >= 0.3 is 0 Å². The number of nitrogens with two attached hydrogens (primary N) is 3. The van der Waals surface area contributed by atoms with Crippen LogP contribution >= 0.6 is 11.3 Å². The maximum Gasteiger partial charge on any atom is 0.262 e. The lowest BCUT2D eigenvalue weighted by Crippen LogP contribution is -2.52. The van der Waals surface area contributed by atoms with E-state index in [2.05, 4.69) is 11.9 Å². The molecule has 1 aromatic heterocycles. The van der Waals surface area contributed by atoms with Crippen molar-refractivity contribution in [3.05, 3.63) is 101 Å². The molecule has 2 unspecified atom stereocenters. The number of nitrogens with zero attached hydrogens (tertiary/aromatic N) is 1. The minimum atomic E-state index is -1.59. The highest BCUT2D eigenvalue weighted by Gasteiger charge is 2.49. The second-order valence-corrected chi connectivity index (χ2v) is 11.7. The zero-order valence-electron chi connectivity index (χ0n) is 23.4. The average molecular weight is 598 g/mol. The Morgan fingerprint density at radius 3 is 2.44 bits per heavy atom. The molecule has 0 saturated carbocycles. The quantitative estimate of drug-likeness (QED) is 0.186. The van der Waals surface area contributed by atoms with Gasteiger partial charge in [0.15, 0.2) is 5.78 Å². The molecule has 2 amide bonds. The summed E-state index contributed by atoms with van der Waals surface area (Å²) in [6.45, 7) is 4.10. The molecule has 0 spiro atoms. The Labute approximate surface area is 252 Å². The molecule has 1 saturated heterocycles. The molecule has 43 heavy (non-hydrogen) atoms. The van der Waals surface area contributed by atoms with Crippen molar-refractivity contribution in [2.45, 2.75) is 23.7 Å². The normalized spacial score (nSPS) is 22.9. The first-order chi connectivity index (χ1) is 20.7. The molecular formula is C32H31N5O5S. The van der Waals surface area contributed by atoms with Crippen molar-refractivity contribution < 1.29 is 23.9 Å². The van der Waals surface area contributed by atoms with Gasteiger partial charge in [0.1, 0.15) is 17.0 Å². The second-order valence-electron chi connectivity index (χ2n) is 10.6. The van der Waals surface area contributed by atoms with Crippen molar-refractivity contribution in [1.29, 1.82) is 0 Å². The summed E-state index contributed by atoms with van der Waals surface area (Å²) in [7, 11) is 1.53. The largest absolute Gasteiger partial charge is 0.457 e. The predicted molar refractivity (Wildman–Crippen MR) is 165 cm³/mol. The molecule has 6 rings (SSSR count). The summed E-state index contributed by atoms with van der Waals surface area (Å²) in [6.07, 6.45) is 0.810. The van der Waals surface area contributed by atoms with Gasteiger partial charge in [0.05, 0.1) is 27.8 Å². The fourth-order valence-corrected chi connectivity index (χ4v) is 7.16. The molecule has 0 bridgehead atoms. The number of benzene rings is 3. The van der Waals surface area contributed by atoms with Crippen LogP contribution in [0.15, 0.2) is 79.4 Å². The number of methoxy groups -OCH3 is 1. The van der Waals surface area contributed by atoms with Crippen molar-refractivity contribution in [3.8, 4) is 11.5 Å². The van der Waals surface area contributed by atoms with Crippen LogP contribution in [0.5, 0.6) is 11.5 Å². The van der Waals surface area contributed by atoms with Crippen LogP contribution in [0.1, 0.15) is 32.4 Å². The zero-order valence-corrected chi connectivity index (χ0v) is 24.2. The van der Waals surface area contributed by atoms with Gasteiger partial charge in [-0.25, -0.2) is 0 Å². The second kappa shape index (κ2) is 10.9. The number of thiophene rings is 1. The standard InChI is InChI=1S/C32H31N5O5S/c1-3-24(38)37-15-22(23(16-37)41-2)36-31(40)29-26-25-20(13-14-21(33)28(25)43-29)32(35,30(39)27(26)34)17-9-11-19(12-10-17)42-18-7-5-4-6-8-18/h3-14,22-23,27H,1,15-16,33-35H2,2H3,(H,36,40)/t22-,23-,27?,32?/m0/s1. The lowest BCUT2D eigenvalue weighted by Gasteiger charge is -2.36. The van der Waals surface area contributed by atoms with Crippen LogP contribution in [0.3, 0.4) is 0 Å². The number of likely N-dealkylation sites (tertiary alicyclic amines) is 1. The summed E-state index contributed by atoms with van der Waals surface area (Å²) in [4.78, 5) is 41.8. The number of carbonyl (C=O) groups is 3. The van der Waals surface area contributed by atoms with Gasteiger partial charge in [-0.15, -0.1) is 11.3 Å². The number of Topliss-reactive ketones (excluding diaryl/α,β-unsaturated/α-hetero) is 1. The summed E-state index contributed by atoms with van der Waals surface area (Å²) >= 11 is 1.16. The lowest BCUT2D eigenvalue weighted by atomic mass is 9.70. The van der Waals surface area contributed by atoms with E-state index in [1.165, 1.54) is 13.2 Å². The van der Waals surface area contributed by atoms with Crippen LogP contribution in [-0.2, 0) is 19.9 Å². The Bertz CT molecular complexity index is 1760. The van der Waals surface area contributed by atoms with Crippen LogP contribution < -0.4 is 27.3 Å². The molecule has 2 aliphatic rings. The maximum atomic E-state index is 14.1. The minimum absolute atomic E-state index is 0.250. The Hall–Kier alpha value is -4.55. The first-order valence-electron chi connectivity index (χ1n) is 13.7. The van der Waals surface area contributed by atoms with E-state index in [0.717, 1.165) is 11.3 Å². The van der Waals surface area contributed by atoms with Gasteiger partial charge < -0.3 is 36.9 Å². The van der Waals surface area contributed by atoms with Gasteiger partial charge in [-0.05, 0) is 47.5 Å². The van der Waals surface area contributed by atoms with Crippen LogP contribution in [-0.4, -0.2) is 54.8 Å². The van der Waals surface area contributed by atoms with Crippen molar-refractivity contribution in [1.82, 2.24) is 10.2 Å². The first-order valence-corrected chi connectivity index (χ1v) is 14.5. The molecule has 10 nitrogen and oxygen atoms in total. The Morgan fingerprint density at radius 2 is 1.77 bits per heavy atom. The molecule has 2 heterocycles. The van der Waals surface area contributed by atoms with Crippen LogP contribution in [0.2, 0.25) is 0 Å². The monoisotopic (exact) mass is 597 g/mol. The maximum absolute atomic E-state index is 14.1. The summed E-state index contributed by atoms with van der Waals surface area (Å²) in [5.41, 5.74) is 20.3. The smallest absolute Gasteiger partial charge is 0.262 e. The van der Waals surface area contributed by atoms with E-state index in [9.17, 15) is 14.4 Å². The van der Waals surface area contributed by atoms with Crippen LogP contribution in [0.25, 0.3) is 10.1 Å². The summed E-state index contributed by atoms with van der Waals surface area (Å²) in [5.74, 6) is 0.125. The predicted octanol–water partition coefficient (Wildman–Crippen LogP) is 3.20. The number of ether oxygens (including phenoxy) is 2. The number of ketones is 1. The molecule has 7 N–H and O–H groups in total. The SMILES string of the molecule is C=CC(=O)N1C[C@H](NC(=O)c2sc3c(N)ccc4c3c2C(N)C(=O)C4(N)c2ccc(Oc3ccccc3)cc2)[C@@H](OC)C1. The Kier molecular flexibility index (Phi) is 7.26. The van der Waals surface area contributed by atoms with Crippen LogP contribution in [0, 0.1) is 0 Å². The molecule has 3 aromatic carbocycles. The summed E-state index contributed by atoms with van der Waals surface area (Å²) in [5, 5.41) is 3.59.